The van der Waals surface area contributed by atoms with Crippen molar-refractivity contribution >= 4 is 11.6 Å². The minimum atomic E-state index is 0.226. The van der Waals surface area contributed by atoms with Gasteiger partial charge in [-0.1, -0.05) is 95.4 Å². The van der Waals surface area contributed by atoms with Crippen LogP contribution in [0.25, 0.3) is 0 Å². The number of alkyl halides is 1. The van der Waals surface area contributed by atoms with E-state index in [1.54, 1.807) is 0 Å². The summed E-state index contributed by atoms with van der Waals surface area (Å²) in [5, 5.41) is 0.226. The molecule has 1 rings (SSSR count). The Bertz CT molecular complexity index is 290. The molecule has 0 fully saturated rings. The zero-order valence-corrected chi connectivity index (χ0v) is 14.3. The Balaban J connectivity index is 1.97. The lowest BCUT2D eigenvalue weighted by atomic mass is 9.90. The van der Waals surface area contributed by atoms with Crippen LogP contribution in [0.5, 0.6) is 0 Å². The Kier molecular flexibility index (Phi) is 10.2. The van der Waals surface area contributed by atoms with Crippen LogP contribution >= 0.6 is 11.6 Å². The lowest BCUT2D eigenvalue weighted by Crippen LogP contribution is -2.13. The molecule has 0 radical (unpaired) electrons. The molecular formula is C19H33Cl. The molecule has 1 aliphatic rings. The SMILES string of the molecule is CCCCCCCCCCCC1C=CC(CC)=C[C@@H]1Cl. The maximum absolute atomic E-state index is 6.44. The van der Waals surface area contributed by atoms with Crippen LogP contribution in [0.4, 0.5) is 0 Å². The third-order valence-electron chi connectivity index (χ3n) is 4.39. The van der Waals surface area contributed by atoms with E-state index < -0.39 is 0 Å². The summed E-state index contributed by atoms with van der Waals surface area (Å²) >= 11 is 6.44. The van der Waals surface area contributed by atoms with Crippen molar-refractivity contribution in [2.75, 3.05) is 0 Å². The molecule has 2 atom stereocenters. The summed E-state index contributed by atoms with van der Waals surface area (Å²) < 4.78 is 0. The molecule has 0 saturated heterocycles. The zero-order valence-electron chi connectivity index (χ0n) is 13.5. The molecule has 0 heterocycles. The molecule has 0 aromatic rings. The maximum atomic E-state index is 6.44. The first-order chi connectivity index (χ1) is 9.77. The number of hydrogen-bond acceptors (Lipinski definition) is 0. The highest BCUT2D eigenvalue weighted by Crippen LogP contribution is 2.27. The maximum Gasteiger partial charge on any atom is 0.0584 e. The molecule has 0 aromatic carbocycles. The standard InChI is InChI=1S/C19H33Cl/c1-3-5-6-7-8-9-10-11-12-13-18-15-14-17(4-2)16-19(18)20/h14-16,18-19H,3-13H2,1-2H3/t18?,19-/m0/s1. The van der Waals surface area contributed by atoms with Crippen molar-refractivity contribution in [3.05, 3.63) is 23.8 Å². The second-order valence-corrected chi connectivity index (χ2v) is 6.68. The van der Waals surface area contributed by atoms with Gasteiger partial charge in [0.1, 0.15) is 0 Å². The number of rotatable bonds is 11. The fraction of sp³-hybridized carbons (Fsp3) is 0.789. The lowest BCUT2D eigenvalue weighted by molar-refractivity contribution is 0.513. The van der Waals surface area contributed by atoms with Gasteiger partial charge in [0, 0.05) is 0 Å². The molecule has 0 nitrogen and oxygen atoms in total. The van der Waals surface area contributed by atoms with Crippen LogP contribution in [0.2, 0.25) is 0 Å². The van der Waals surface area contributed by atoms with Gasteiger partial charge in [0.25, 0.3) is 0 Å². The van der Waals surface area contributed by atoms with Crippen LogP contribution in [-0.2, 0) is 0 Å². The second kappa shape index (κ2) is 11.4. The summed E-state index contributed by atoms with van der Waals surface area (Å²) in [5.41, 5.74) is 1.40. The highest BCUT2D eigenvalue weighted by molar-refractivity contribution is 6.22. The Morgan fingerprint density at radius 2 is 1.50 bits per heavy atom. The monoisotopic (exact) mass is 296 g/mol. The van der Waals surface area contributed by atoms with Crippen LogP contribution in [-0.4, -0.2) is 5.38 Å². The van der Waals surface area contributed by atoms with Crippen molar-refractivity contribution in [2.45, 2.75) is 89.9 Å². The quantitative estimate of drug-likeness (QED) is 0.283. The molecule has 1 heteroatoms. The summed E-state index contributed by atoms with van der Waals surface area (Å²) in [6, 6.07) is 0. The van der Waals surface area contributed by atoms with Crippen LogP contribution in [0.3, 0.4) is 0 Å². The van der Waals surface area contributed by atoms with E-state index in [1.165, 1.54) is 69.8 Å². The van der Waals surface area contributed by atoms with E-state index in [0.29, 0.717) is 5.92 Å². The summed E-state index contributed by atoms with van der Waals surface area (Å²) in [5.74, 6) is 0.566. The van der Waals surface area contributed by atoms with Gasteiger partial charge in [-0.05, 0) is 18.8 Å². The minimum absolute atomic E-state index is 0.226. The first-order valence-electron chi connectivity index (χ1n) is 8.80. The molecule has 0 aromatic heterocycles. The van der Waals surface area contributed by atoms with Gasteiger partial charge < -0.3 is 0 Å². The minimum Gasteiger partial charge on any atom is -0.118 e. The normalized spacial score (nSPS) is 22.1. The summed E-state index contributed by atoms with van der Waals surface area (Å²) in [6.45, 7) is 4.48. The topological polar surface area (TPSA) is 0 Å². The van der Waals surface area contributed by atoms with Gasteiger partial charge >= 0.3 is 0 Å². The zero-order chi connectivity index (χ0) is 14.6. The molecule has 0 aliphatic heterocycles. The van der Waals surface area contributed by atoms with E-state index in [2.05, 4.69) is 32.1 Å². The van der Waals surface area contributed by atoms with Crippen molar-refractivity contribution in [3.63, 3.8) is 0 Å². The molecular weight excluding hydrogens is 264 g/mol. The first kappa shape index (κ1) is 17.8. The Morgan fingerprint density at radius 1 is 0.900 bits per heavy atom. The van der Waals surface area contributed by atoms with Gasteiger partial charge in [-0.2, -0.15) is 0 Å². The molecule has 0 amide bonds. The average molecular weight is 297 g/mol. The summed E-state index contributed by atoms with van der Waals surface area (Å²) in [7, 11) is 0. The van der Waals surface area contributed by atoms with Crippen LogP contribution in [0.1, 0.15) is 84.5 Å². The van der Waals surface area contributed by atoms with Crippen molar-refractivity contribution in [1.29, 1.82) is 0 Å². The first-order valence-corrected chi connectivity index (χ1v) is 9.24. The number of hydrogen-bond donors (Lipinski definition) is 0. The highest BCUT2D eigenvalue weighted by atomic mass is 35.5. The molecule has 116 valence electrons. The van der Waals surface area contributed by atoms with E-state index in [0.717, 1.165) is 6.42 Å². The average Bonchev–Trinajstić information content (AvgIpc) is 2.47. The van der Waals surface area contributed by atoms with E-state index in [1.807, 2.05) is 0 Å². The fourth-order valence-electron chi connectivity index (χ4n) is 2.92. The van der Waals surface area contributed by atoms with Crippen LogP contribution in [0.15, 0.2) is 23.8 Å². The van der Waals surface area contributed by atoms with Gasteiger partial charge in [-0.3, -0.25) is 0 Å². The Hall–Kier alpha value is -0.230. The highest BCUT2D eigenvalue weighted by Gasteiger charge is 2.17. The predicted octanol–water partition coefficient (Wildman–Crippen LogP) is 7.04. The second-order valence-electron chi connectivity index (χ2n) is 6.18. The molecule has 0 spiro atoms. The summed E-state index contributed by atoms with van der Waals surface area (Å²) in [4.78, 5) is 0. The smallest absolute Gasteiger partial charge is 0.0584 e. The number of unbranched alkanes of at least 4 members (excludes halogenated alkanes) is 8. The van der Waals surface area contributed by atoms with Gasteiger partial charge in [-0.15, -0.1) is 11.6 Å². The van der Waals surface area contributed by atoms with Crippen LogP contribution in [0, 0.1) is 5.92 Å². The molecule has 0 bridgehead atoms. The number of allylic oxidation sites excluding steroid dienone is 4. The molecule has 1 unspecified atom stereocenters. The van der Waals surface area contributed by atoms with Crippen LogP contribution < -0.4 is 0 Å². The largest absolute Gasteiger partial charge is 0.118 e. The fourth-order valence-corrected chi connectivity index (χ4v) is 3.29. The summed E-state index contributed by atoms with van der Waals surface area (Å²) in [6.07, 6.45) is 21.8. The molecule has 0 N–H and O–H groups in total. The van der Waals surface area contributed by atoms with Crippen molar-refractivity contribution in [3.8, 4) is 0 Å². The lowest BCUT2D eigenvalue weighted by Gasteiger charge is -2.21. The van der Waals surface area contributed by atoms with Gasteiger partial charge in [0.15, 0.2) is 0 Å². The van der Waals surface area contributed by atoms with Crippen molar-refractivity contribution < 1.29 is 0 Å². The third-order valence-corrected chi connectivity index (χ3v) is 4.84. The molecule has 20 heavy (non-hydrogen) atoms. The Labute approximate surface area is 131 Å². The van der Waals surface area contributed by atoms with E-state index in [-0.39, 0.29) is 5.38 Å². The van der Waals surface area contributed by atoms with E-state index >= 15 is 0 Å². The van der Waals surface area contributed by atoms with Gasteiger partial charge in [0.2, 0.25) is 0 Å². The Morgan fingerprint density at radius 3 is 2.05 bits per heavy atom. The van der Waals surface area contributed by atoms with E-state index in [9.17, 15) is 0 Å². The van der Waals surface area contributed by atoms with Gasteiger partial charge in [0.05, 0.1) is 5.38 Å². The predicted molar refractivity (Wildman–Crippen MR) is 92.5 cm³/mol. The van der Waals surface area contributed by atoms with Gasteiger partial charge in [-0.25, -0.2) is 0 Å². The molecule has 0 saturated carbocycles. The molecule has 1 aliphatic carbocycles. The van der Waals surface area contributed by atoms with Crippen molar-refractivity contribution in [1.82, 2.24) is 0 Å². The number of halogens is 1. The third kappa shape index (κ3) is 7.53. The van der Waals surface area contributed by atoms with Crippen molar-refractivity contribution in [2.24, 2.45) is 5.92 Å². The van der Waals surface area contributed by atoms with E-state index in [4.69, 9.17) is 11.6 Å².